The van der Waals surface area contributed by atoms with Gasteiger partial charge in [-0.15, -0.1) is 0 Å². The number of nitrogens with one attached hydrogen (secondary N) is 1. The Hall–Kier alpha value is -2.91. The molecule has 1 aromatic carbocycles. The van der Waals surface area contributed by atoms with Gasteiger partial charge >= 0.3 is 0 Å². The predicted octanol–water partition coefficient (Wildman–Crippen LogP) is 3.38. The highest BCUT2D eigenvalue weighted by atomic mass is 16.5. The van der Waals surface area contributed by atoms with Crippen LogP contribution in [0.15, 0.2) is 42.5 Å². The second-order valence-corrected chi connectivity index (χ2v) is 7.83. The van der Waals surface area contributed by atoms with Crippen molar-refractivity contribution in [2.24, 2.45) is 5.92 Å². The minimum absolute atomic E-state index is 0.0813. The number of likely N-dealkylation sites (tertiary alicyclic amines) is 1. The maximum absolute atomic E-state index is 12.7. The zero-order chi connectivity index (χ0) is 20.2. The molecule has 2 atom stereocenters. The Morgan fingerprint density at radius 3 is 2.66 bits per heavy atom. The van der Waals surface area contributed by atoms with Crippen LogP contribution in [0, 0.1) is 24.2 Å². The normalized spacial score (nSPS) is 22.3. The number of carbonyl (C=O) groups excluding carboxylic acids is 1. The largest absolute Gasteiger partial charge is 0.376 e. The number of nitrogens with zero attached hydrogens (tertiary/aromatic N) is 3. The van der Waals surface area contributed by atoms with Crippen LogP contribution >= 0.6 is 0 Å². The van der Waals surface area contributed by atoms with Crippen molar-refractivity contribution < 1.29 is 9.53 Å². The van der Waals surface area contributed by atoms with Crippen molar-refractivity contribution in [2.75, 3.05) is 25.0 Å². The lowest BCUT2D eigenvalue weighted by Crippen LogP contribution is -2.44. The Morgan fingerprint density at radius 1 is 1.17 bits per heavy atom. The first-order chi connectivity index (χ1) is 14.2. The number of carbonyl (C=O) groups is 1. The summed E-state index contributed by atoms with van der Waals surface area (Å²) in [5.41, 5.74) is 2.19. The monoisotopic (exact) mass is 390 g/mol. The molecule has 150 valence electrons. The number of aryl methyl sites for hydroxylation is 1. The van der Waals surface area contributed by atoms with Crippen molar-refractivity contribution in [2.45, 2.75) is 38.3 Å². The van der Waals surface area contributed by atoms with Gasteiger partial charge in [-0.05, 0) is 56.4 Å². The highest BCUT2D eigenvalue weighted by Gasteiger charge is 2.37. The van der Waals surface area contributed by atoms with Gasteiger partial charge in [-0.1, -0.05) is 18.2 Å². The molecule has 0 aliphatic carbocycles. The van der Waals surface area contributed by atoms with Gasteiger partial charge in [0.15, 0.2) is 0 Å². The number of amides is 1. The molecular formula is C23H26N4O2. The molecule has 2 aliphatic heterocycles. The van der Waals surface area contributed by atoms with Crippen LogP contribution < -0.4 is 5.32 Å². The Labute approximate surface area is 171 Å². The Kier molecular flexibility index (Phi) is 5.77. The molecule has 3 heterocycles. The lowest BCUT2D eigenvalue weighted by molar-refractivity contribution is 0.0260. The lowest BCUT2D eigenvalue weighted by atomic mass is 9.87. The summed E-state index contributed by atoms with van der Waals surface area (Å²) in [5, 5.41) is 12.8. The van der Waals surface area contributed by atoms with Crippen LogP contribution in [0.2, 0.25) is 0 Å². The average molecular weight is 390 g/mol. The smallest absolute Gasteiger partial charge is 0.253 e. The predicted molar refractivity (Wildman–Crippen MR) is 111 cm³/mol. The number of pyridine rings is 1. The molecule has 1 N–H and O–H groups in total. The van der Waals surface area contributed by atoms with Crippen LogP contribution in [-0.2, 0) is 4.74 Å². The summed E-state index contributed by atoms with van der Waals surface area (Å²) in [6.07, 6.45) is 2.83. The minimum atomic E-state index is 0.0813. The maximum atomic E-state index is 12.7. The molecule has 2 fully saturated rings. The standard InChI is InChI=1S/C23H26N4O2/c1-16-7-8-19(15-24)22(25-16)26-20-11-14-29-21(20)17-9-12-27(13-10-17)23(28)18-5-3-2-4-6-18/h2-8,17,20-21H,9-14H2,1H3,(H,25,26)/t20-,21+/m1/s1. The van der Waals surface area contributed by atoms with Crippen LogP contribution in [0.3, 0.4) is 0 Å². The molecule has 2 aliphatic rings. The molecule has 0 bridgehead atoms. The van der Waals surface area contributed by atoms with E-state index in [0.29, 0.717) is 23.9 Å². The Bertz CT molecular complexity index is 901. The van der Waals surface area contributed by atoms with Crippen molar-refractivity contribution >= 4 is 11.7 Å². The van der Waals surface area contributed by atoms with Crippen LogP contribution in [0.5, 0.6) is 0 Å². The van der Waals surface area contributed by atoms with E-state index < -0.39 is 0 Å². The third-order valence-electron chi connectivity index (χ3n) is 5.92. The van der Waals surface area contributed by atoms with Crippen molar-refractivity contribution in [1.29, 1.82) is 5.26 Å². The van der Waals surface area contributed by atoms with E-state index in [4.69, 9.17) is 4.74 Å². The summed E-state index contributed by atoms with van der Waals surface area (Å²) < 4.78 is 6.08. The number of ether oxygens (including phenoxy) is 1. The fourth-order valence-corrected chi connectivity index (χ4v) is 4.36. The van der Waals surface area contributed by atoms with Crippen molar-refractivity contribution in [3.05, 3.63) is 59.3 Å². The molecule has 0 spiro atoms. The van der Waals surface area contributed by atoms with E-state index in [9.17, 15) is 10.1 Å². The maximum Gasteiger partial charge on any atom is 0.253 e. The Balaban J connectivity index is 1.39. The topological polar surface area (TPSA) is 78.2 Å². The first kappa shape index (κ1) is 19.4. The second kappa shape index (κ2) is 8.62. The highest BCUT2D eigenvalue weighted by molar-refractivity contribution is 5.94. The molecule has 6 nitrogen and oxygen atoms in total. The molecule has 29 heavy (non-hydrogen) atoms. The summed E-state index contributed by atoms with van der Waals surface area (Å²) in [6, 6.07) is 15.5. The molecule has 1 amide bonds. The SMILES string of the molecule is Cc1ccc(C#N)c(N[C@@H]2CCO[C@H]2C2CCN(C(=O)c3ccccc3)CC2)n1. The zero-order valence-electron chi connectivity index (χ0n) is 16.7. The van der Waals surface area contributed by atoms with Gasteiger partial charge in [-0.25, -0.2) is 4.98 Å². The molecule has 0 saturated carbocycles. The third kappa shape index (κ3) is 4.25. The van der Waals surface area contributed by atoms with E-state index in [2.05, 4.69) is 16.4 Å². The minimum Gasteiger partial charge on any atom is -0.376 e. The molecule has 2 saturated heterocycles. The number of hydrogen-bond acceptors (Lipinski definition) is 5. The summed E-state index contributed by atoms with van der Waals surface area (Å²) in [4.78, 5) is 19.1. The number of aromatic nitrogens is 1. The molecule has 0 unspecified atom stereocenters. The summed E-state index contributed by atoms with van der Waals surface area (Å²) >= 11 is 0. The summed E-state index contributed by atoms with van der Waals surface area (Å²) in [5.74, 6) is 1.14. The van der Waals surface area contributed by atoms with Gasteiger partial charge < -0.3 is 15.0 Å². The highest BCUT2D eigenvalue weighted by Crippen LogP contribution is 2.31. The number of nitriles is 1. The van der Waals surface area contributed by atoms with Crippen LogP contribution in [-0.4, -0.2) is 47.6 Å². The van der Waals surface area contributed by atoms with E-state index in [1.165, 1.54) is 0 Å². The van der Waals surface area contributed by atoms with Crippen LogP contribution in [0.4, 0.5) is 5.82 Å². The first-order valence-electron chi connectivity index (χ1n) is 10.3. The van der Waals surface area contributed by atoms with Crippen LogP contribution in [0.1, 0.15) is 40.9 Å². The summed E-state index contributed by atoms with van der Waals surface area (Å²) in [6.45, 7) is 4.13. The summed E-state index contributed by atoms with van der Waals surface area (Å²) in [7, 11) is 0. The molecule has 2 aromatic rings. The van der Waals surface area contributed by atoms with E-state index >= 15 is 0 Å². The molecular weight excluding hydrogens is 364 g/mol. The van der Waals surface area contributed by atoms with Crippen molar-refractivity contribution in [3.8, 4) is 6.07 Å². The number of anilines is 1. The van der Waals surface area contributed by atoms with Gasteiger partial charge in [0.25, 0.3) is 5.91 Å². The molecule has 4 rings (SSSR count). The van der Waals surface area contributed by atoms with Gasteiger partial charge in [0.2, 0.25) is 0 Å². The Morgan fingerprint density at radius 2 is 1.93 bits per heavy atom. The number of hydrogen-bond donors (Lipinski definition) is 1. The van der Waals surface area contributed by atoms with Crippen molar-refractivity contribution in [3.63, 3.8) is 0 Å². The number of benzene rings is 1. The average Bonchev–Trinajstić information content (AvgIpc) is 3.22. The fourth-order valence-electron chi connectivity index (χ4n) is 4.36. The zero-order valence-corrected chi connectivity index (χ0v) is 16.7. The van der Waals surface area contributed by atoms with E-state index in [1.807, 2.05) is 54.3 Å². The van der Waals surface area contributed by atoms with E-state index in [0.717, 1.165) is 43.6 Å². The van der Waals surface area contributed by atoms with E-state index in [1.54, 1.807) is 0 Å². The lowest BCUT2D eigenvalue weighted by Gasteiger charge is -2.36. The second-order valence-electron chi connectivity index (χ2n) is 7.83. The third-order valence-corrected chi connectivity index (χ3v) is 5.92. The molecule has 0 radical (unpaired) electrons. The quantitative estimate of drug-likeness (QED) is 0.866. The number of piperidine rings is 1. The van der Waals surface area contributed by atoms with Gasteiger partial charge in [-0.3, -0.25) is 4.79 Å². The molecule has 6 heteroatoms. The van der Waals surface area contributed by atoms with Gasteiger partial charge in [-0.2, -0.15) is 5.26 Å². The van der Waals surface area contributed by atoms with Gasteiger partial charge in [0.1, 0.15) is 11.9 Å². The van der Waals surface area contributed by atoms with Crippen LogP contribution in [0.25, 0.3) is 0 Å². The number of rotatable bonds is 4. The van der Waals surface area contributed by atoms with Gasteiger partial charge in [0.05, 0.1) is 17.7 Å². The first-order valence-corrected chi connectivity index (χ1v) is 10.3. The fraction of sp³-hybridized carbons (Fsp3) is 0.435. The van der Waals surface area contributed by atoms with E-state index in [-0.39, 0.29) is 18.1 Å². The van der Waals surface area contributed by atoms with Crippen molar-refractivity contribution in [1.82, 2.24) is 9.88 Å². The molecule has 1 aromatic heterocycles. The van der Waals surface area contributed by atoms with Gasteiger partial charge in [0, 0.05) is 31.0 Å².